The molecular formula is C21H23N3O8S. The molecule has 0 fully saturated rings. The largest absolute Gasteiger partial charge is 0.504 e. The van der Waals surface area contributed by atoms with E-state index in [9.17, 15) is 39.8 Å². The molecule has 2 rings (SSSR count). The highest BCUT2D eigenvalue weighted by atomic mass is 32.2. The molecule has 0 aliphatic rings. The molecule has 0 aliphatic heterocycles. The van der Waals surface area contributed by atoms with E-state index < -0.39 is 39.6 Å². The minimum Gasteiger partial charge on any atom is -0.504 e. The Balaban J connectivity index is 2.18. The van der Waals surface area contributed by atoms with Gasteiger partial charge in [0.25, 0.3) is 11.6 Å². The van der Waals surface area contributed by atoms with Crippen LogP contribution in [0.25, 0.3) is 0 Å². The molecule has 0 heterocycles. The summed E-state index contributed by atoms with van der Waals surface area (Å²) in [4.78, 5) is 46.6. The quantitative estimate of drug-likeness (QED) is 0.145. The van der Waals surface area contributed by atoms with Crippen molar-refractivity contribution in [2.75, 3.05) is 12.3 Å². The van der Waals surface area contributed by atoms with Crippen molar-refractivity contribution in [3.8, 4) is 11.5 Å². The third-order valence-corrected chi connectivity index (χ3v) is 5.44. The molecule has 12 heteroatoms. The molecule has 5 N–H and O–H groups in total. The fourth-order valence-electron chi connectivity index (χ4n) is 2.83. The number of carbonyl (C=O) groups excluding carboxylic acids is 3. The average molecular weight is 477 g/mol. The summed E-state index contributed by atoms with van der Waals surface area (Å²) in [6.45, 7) is 1.52. The highest BCUT2D eigenvalue weighted by molar-refractivity contribution is 8.13. The van der Waals surface area contributed by atoms with Gasteiger partial charge in [-0.3, -0.25) is 24.5 Å². The molecule has 2 aromatic rings. The maximum atomic E-state index is 12.8. The minimum atomic E-state index is -1.41. The SMILES string of the molecule is CC(=O)NCCSC(=O)[C@@H](NC(=O)c1cccc(O)c1O)[C@H](O)Cc1ccc([N+](=O)[O-])cc1. The summed E-state index contributed by atoms with van der Waals surface area (Å²) in [5.41, 5.74) is 0.0595. The first-order chi connectivity index (χ1) is 15.6. The molecule has 11 nitrogen and oxygen atoms in total. The van der Waals surface area contributed by atoms with E-state index in [1.165, 1.54) is 49.4 Å². The Morgan fingerprint density at radius 3 is 2.39 bits per heavy atom. The predicted octanol–water partition coefficient (Wildman–Crippen LogP) is 1.10. The van der Waals surface area contributed by atoms with Crippen molar-refractivity contribution in [1.29, 1.82) is 0 Å². The number of amides is 2. The van der Waals surface area contributed by atoms with Crippen LogP contribution in [0.3, 0.4) is 0 Å². The Bertz CT molecular complexity index is 1030. The second kappa shape index (κ2) is 11.8. The van der Waals surface area contributed by atoms with E-state index in [2.05, 4.69) is 10.6 Å². The monoisotopic (exact) mass is 477 g/mol. The van der Waals surface area contributed by atoms with Gasteiger partial charge >= 0.3 is 0 Å². The lowest BCUT2D eigenvalue weighted by atomic mass is 10.0. The molecule has 2 atom stereocenters. The number of benzene rings is 2. The summed E-state index contributed by atoms with van der Waals surface area (Å²) in [5, 5.41) is 45.4. The smallest absolute Gasteiger partial charge is 0.269 e. The van der Waals surface area contributed by atoms with Gasteiger partial charge in [-0.1, -0.05) is 30.0 Å². The second-order valence-electron chi connectivity index (χ2n) is 6.97. The number of nitrogens with zero attached hydrogens (tertiary/aromatic N) is 1. The van der Waals surface area contributed by atoms with Gasteiger partial charge in [-0.05, 0) is 17.7 Å². The Hall–Kier alpha value is -3.64. The number of non-ortho nitro benzene ring substituents is 1. The van der Waals surface area contributed by atoms with E-state index >= 15 is 0 Å². The summed E-state index contributed by atoms with van der Waals surface area (Å²) >= 11 is 0.787. The lowest BCUT2D eigenvalue weighted by Gasteiger charge is -2.23. The van der Waals surface area contributed by atoms with Crippen LogP contribution in [-0.4, -0.2) is 61.6 Å². The molecule has 0 radical (unpaired) electrons. The first kappa shape index (κ1) is 25.6. The first-order valence-electron chi connectivity index (χ1n) is 9.74. The van der Waals surface area contributed by atoms with Gasteiger partial charge in [-0.15, -0.1) is 0 Å². The molecule has 0 bridgehead atoms. The topological polar surface area (TPSA) is 179 Å². The van der Waals surface area contributed by atoms with Crippen molar-refractivity contribution >= 4 is 34.4 Å². The van der Waals surface area contributed by atoms with Gasteiger partial charge < -0.3 is 26.0 Å². The van der Waals surface area contributed by atoms with Crippen LogP contribution in [0.1, 0.15) is 22.8 Å². The number of thioether (sulfide) groups is 1. The third-order valence-electron chi connectivity index (χ3n) is 4.50. The number of rotatable bonds is 10. The van der Waals surface area contributed by atoms with Crippen molar-refractivity contribution < 1.29 is 34.6 Å². The Morgan fingerprint density at radius 2 is 1.79 bits per heavy atom. The molecule has 33 heavy (non-hydrogen) atoms. The van der Waals surface area contributed by atoms with Gasteiger partial charge in [-0.2, -0.15) is 0 Å². The van der Waals surface area contributed by atoms with Crippen LogP contribution < -0.4 is 10.6 Å². The number of nitrogens with one attached hydrogen (secondary N) is 2. The van der Waals surface area contributed by atoms with E-state index in [0.717, 1.165) is 11.8 Å². The average Bonchev–Trinajstić information content (AvgIpc) is 2.76. The van der Waals surface area contributed by atoms with Gasteiger partial charge in [0.2, 0.25) is 11.0 Å². The molecule has 0 aliphatic carbocycles. The van der Waals surface area contributed by atoms with E-state index in [-0.39, 0.29) is 35.9 Å². The molecule has 0 saturated carbocycles. The fraction of sp³-hybridized carbons (Fsp3) is 0.286. The number of aromatic hydroxyl groups is 2. The third kappa shape index (κ3) is 7.47. The molecule has 0 unspecified atom stereocenters. The molecule has 0 spiro atoms. The molecule has 0 aromatic heterocycles. The van der Waals surface area contributed by atoms with Crippen LogP contribution in [0.15, 0.2) is 42.5 Å². The molecule has 2 aromatic carbocycles. The summed E-state index contributed by atoms with van der Waals surface area (Å²) in [6.07, 6.45) is -1.51. The number of carbonyl (C=O) groups is 3. The summed E-state index contributed by atoms with van der Waals surface area (Å²) in [6, 6.07) is 7.70. The Morgan fingerprint density at radius 1 is 1.12 bits per heavy atom. The van der Waals surface area contributed by atoms with Gasteiger partial charge in [0.05, 0.1) is 16.6 Å². The number of hydrogen-bond acceptors (Lipinski definition) is 9. The van der Waals surface area contributed by atoms with Crippen molar-refractivity contribution in [1.82, 2.24) is 10.6 Å². The van der Waals surface area contributed by atoms with Crippen LogP contribution in [0, 0.1) is 10.1 Å². The summed E-state index contributed by atoms with van der Waals surface area (Å²) in [7, 11) is 0. The highest BCUT2D eigenvalue weighted by Gasteiger charge is 2.30. The number of nitro benzene ring substituents is 1. The zero-order chi connectivity index (χ0) is 24.5. The standard InChI is InChI=1S/C21H23N3O8S/c1-12(25)22-9-10-33-21(30)18(23-20(29)15-3-2-4-16(26)19(15)28)17(27)11-13-5-7-14(8-6-13)24(31)32/h2-8,17-18,26-28H,9-11H2,1H3,(H,22,25)(H,23,29)/t17-,18+/m1/s1. The van der Waals surface area contributed by atoms with Crippen LogP contribution in [0.5, 0.6) is 11.5 Å². The van der Waals surface area contributed by atoms with Crippen molar-refractivity contribution in [3.05, 3.63) is 63.7 Å². The highest BCUT2D eigenvalue weighted by Crippen LogP contribution is 2.28. The number of nitro groups is 1. The predicted molar refractivity (Wildman–Crippen MR) is 120 cm³/mol. The lowest BCUT2D eigenvalue weighted by molar-refractivity contribution is -0.384. The zero-order valence-electron chi connectivity index (χ0n) is 17.6. The van der Waals surface area contributed by atoms with Crippen LogP contribution >= 0.6 is 11.8 Å². The van der Waals surface area contributed by atoms with E-state index in [0.29, 0.717) is 5.56 Å². The van der Waals surface area contributed by atoms with Crippen molar-refractivity contribution in [3.63, 3.8) is 0 Å². The maximum absolute atomic E-state index is 12.8. The zero-order valence-corrected chi connectivity index (χ0v) is 18.4. The van der Waals surface area contributed by atoms with Gasteiger partial charge in [0.1, 0.15) is 6.04 Å². The number of hydrogen-bond donors (Lipinski definition) is 5. The number of aliphatic hydroxyl groups is 1. The normalized spacial score (nSPS) is 12.4. The summed E-state index contributed by atoms with van der Waals surface area (Å²) < 4.78 is 0. The maximum Gasteiger partial charge on any atom is 0.269 e. The van der Waals surface area contributed by atoms with Gasteiger partial charge in [-0.25, -0.2) is 0 Å². The number of phenolic OH excluding ortho intramolecular Hbond substituents is 2. The fourth-order valence-corrected chi connectivity index (χ4v) is 3.63. The minimum absolute atomic E-state index is 0.104. The van der Waals surface area contributed by atoms with E-state index in [1.807, 2.05) is 0 Å². The molecular weight excluding hydrogens is 454 g/mol. The molecule has 2 amide bonds. The van der Waals surface area contributed by atoms with Gasteiger partial charge in [0, 0.05) is 37.8 Å². The van der Waals surface area contributed by atoms with Crippen LogP contribution in [0.2, 0.25) is 0 Å². The van der Waals surface area contributed by atoms with Crippen LogP contribution in [0.4, 0.5) is 5.69 Å². The number of para-hydroxylation sites is 1. The number of phenols is 2. The molecule has 0 saturated heterocycles. The van der Waals surface area contributed by atoms with E-state index in [1.54, 1.807) is 0 Å². The van der Waals surface area contributed by atoms with Gasteiger partial charge in [0.15, 0.2) is 11.5 Å². The van der Waals surface area contributed by atoms with Crippen molar-refractivity contribution in [2.24, 2.45) is 0 Å². The van der Waals surface area contributed by atoms with Crippen molar-refractivity contribution in [2.45, 2.75) is 25.5 Å². The summed E-state index contributed by atoms with van der Waals surface area (Å²) in [5.74, 6) is -2.18. The Labute approximate surface area is 193 Å². The molecule has 176 valence electrons. The second-order valence-corrected chi connectivity index (χ2v) is 8.07. The van der Waals surface area contributed by atoms with E-state index in [4.69, 9.17) is 0 Å². The number of aliphatic hydroxyl groups excluding tert-OH is 1. The Kier molecular flexibility index (Phi) is 9.18. The van der Waals surface area contributed by atoms with Crippen LogP contribution in [-0.2, 0) is 16.0 Å². The lowest BCUT2D eigenvalue weighted by Crippen LogP contribution is -2.49. The first-order valence-corrected chi connectivity index (χ1v) is 10.7.